The molecule has 0 spiro atoms. The number of halogens is 3. The van der Waals surface area contributed by atoms with Crippen molar-refractivity contribution >= 4 is 17.6 Å². The number of fused-ring (bicyclic) bond motifs is 1. The summed E-state index contributed by atoms with van der Waals surface area (Å²) < 4.78 is 33.7. The predicted octanol–water partition coefficient (Wildman–Crippen LogP) is 5.92. The van der Waals surface area contributed by atoms with Gasteiger partial charge in [0.15, 0.2) is 0 Å². The van der Waals surface area contributed by atoms with Gasteiger partial charge < -0.3 is 9.72 Å². The zero-order chi connectivity index (χ0) is 22.2. The number of H-pyrrole nitrogens is 1. The van der Waals surface area contributed by atoms with E-state index in [0.717, 1.165) is 29.3 Å². The predicted molar refractivity (Wildman–Crippen MR) is 117 cm³/mol. The van der Waals surface area contributed by atoms with Crippen molar-refractivity contribution in [2.24, 2.45) is 5.92 Å². The number of imidazole rings is 1. The van der Waals surface area contributed by atoms with Gasteiger partial charge in [0.05, 0.1) is 17.2 Å². The summed E-state index contributed by atoms with van der Waals surface area (Å²) in [6.07, 6.45) is 0.390. The van der Waals surface area contributed by atoms with Crippen LogP contribution in [-0.2, 0) is 11.2 Å². The van der Waals surface area contributed by atoms with E-state index in [2.05, 4.69) is 9.97 Å². The zero-order valence-corrected chi connectivity index (χ0v) is 17.4. The van der Waals surface area contributed by atoms with Gasteiger partial charge >= 0.3 is 5.97 Å². The maximum atomic E-state index is 14.4. The molecule has 4 aromatic rings. The van der Waals surface area contributed by atoms with Crippen molar-refractivity contribution in [1.82, 2.24) is 9.97 Å². The van der Waals surface area contributed by atoms with Gasteiger partial charge in [-0.25, -0.2) is 8.78 Å². The van der Waals surface area contributed by atoms with Gasteiger partial charge in [0.1, 0.15) is 17.5 Å². The molecule has 160 valence electrons. The van der Waals surface area contributed by atoms with Gasteiger partial charge in [0.2, 0.25) is 5.88 Å². The molecule has 1 aromatic heterocycles. The van der Waals surface area contributed by atoms with Crippen molar-refractivity contribution in [3.8, 4) is 17.3 Å². The van der Waals surface area contributed by atoms with Gasteiger partial charge in [0.25, 0.3) is 0 Å². The van der Waals surface area contributed by atoms with E-state index in [1.165, 1.54) is 0 Å². The average Bonchev–Trinajstić information content (AvgIpc) is 3.19. The number of benzene rings is 3. The lowest BCUT2D eigenvalue weighted by Gasteiger charge is -2.29. The van der Waals surface area contributed by atoms with Crippen LogP contribution in [0.1, 0.15) is 22.7 Å². The molecular formula is C25H17ClF2N2O2. The Labute approximate surface area is 187 Å². The number of carbonyl (C=O) groups is 1. The molecule has 5 rings (SSSR count). The van der Waals surface area contributed by atoms with Gasteiger partial charge in [-0.3, -0.25) is 4.79 Å². The lowest BCUT2D eigenvalue weighted by Crippen LogP contribution is -2.34. The van der Waals surface area contributed by atoms with Gasteiger partial charge in [0, 0.05) is 10.9 Å². The molecule has 2 heterocycles. The molecule has 0 amide bonds. The van der Waals surface area contributed by atoms with Crippen LogP contribution in [0.2, 0.25) is 5.02 Å². The van der Waals surface area contributed by atoms with Crippen molar-refractivity contribution in [3.05, 3.63) is 106 Å². The van der Waals surface area contributed by atoms with E-state index < -0.39 is 29.4 Å². The van der Waals surface area contributed by atoms with Crippen LogP contribution in [0.25, 0.3) is 11.4 Å². The highest BCUT2D eigenvalue weighted by Gasteiger charge is 2.41. The molecule has 3 aromatic carbocycles. The van der Waals surface area contributed by atoms with Crippen molar-refractivity contribution in [2.45, 2.75) is 12.3 Å². The van der Waals surface area contributed by atoms with Gasteiger partial charge in [-0.15, -0.1) is 0 Å². The number of ether oxygens (including phenoxy) is 1. The normalized spacial score (nSPS) is 17.7. The number of aromatic amines is 1. The molecule has 0 saturated heterocycles. The largest absolute Gasteiger partial charge is 0.405 e. The summed E-state index contributed by atoms with van der Waals surface area (Å²) in [5.74, 6) is -2.46. The Morgan fingerprint density at radius 1 is 1.00 bits per heavy atom. The van der Waals surface area contributed by atoms with E-state index in [4.69, 9.17) is 16.3 Å². The van der Waals surface area contributed by atoms with Crippen LogP contribution in [0.15, 0.2) is 72.8 Å². The minimum atomic E-state index is -0.629. The van der Waals surface area contributed by atoms with Gasteiger partial charge in [-0.05, 0) is 47.9 Å². The lowest BCUT2D eigenvalue weighted by molar-refractivity contribution is -0.141. The SMILES string of the molecule is O=C1Oc2nc(-c3cc(F)ccc3F)[nH]c2[C@H](c2ccccc2)[C@@H]1Cc1cccc(Cl)c1. The second-order valence-electron chi connectivity index (χ2n) is 7.68. The fraction of sp³-hybridized carbons (Fsp3) is 0.120. The van der Waals surface area contributed by atoms with Gasteiger partial charge in [-0.1, -0.05) is 54.1 Å². The molecule has 0 bridgehead atoms. The zero-order valence-electron chi connectivity index (χ0n) is 16.7. The fourth-order valence-corrected chi connectivity index (χ4v) is 4.37. The Kier molecular flexibility index (Phi) is 5.23. The summed E-state index contributed by atoms with van der Waals surface area (Å²) in [4.78, 5) is 20.4. The highest BCUT2D eigenvalue weighted by atomic mass is 35.5. The summed E-state index contributed by atoms with van der Waals surface area (Å²) in [6, 6.07) is 19.9. The Hall–Kier alpha value is -3.51. The molecule has 1 aliphatic rings. The van der Waals surface area contributed by atoms with Crippen molar-refractivity contribution in [1.29, 1.82) is 0 Å². The summed E-state index contributed by atoms with van der Waals surface area (Å²) in [6.45, 7) is 0. The maximum Gasteiger partial charge on any atom is 0.317 e. The van der Waals surface area contributed by atoms with Crippen molar-refractivity contribution in [2.75, 3.05) is 0 Å². The van der Waals surface area contributed by atoms with E-state index in [1.54, 1.807) is 6.07 Å². The molecule has 2 atom stereocenters. The number of esters is 1. The molecule has 0 saturated carbocycles. The Morgan fingerprint density at radius 3 is 2.59 bits per heavy atom. The number of nitrogens with zero attached hydrogens (tertiary/aromatic N) is 1. The van der Waals surface area contributed by atoms with E-state index in [1.807, 2.05) is 48.5 Å². The minimum absolute atomic E-state index is 0.0337. The first-order chi connectivity index (χ1) is 15.5. The molecular weight excluding hydrogens is 434 g/mol. The molecule has 0 radical (unpaired) electrons. The molecule has 0 aliphatic carbocycles. The number of aromatic nitrogens is 2. The van der Waals surface area contributed by atoms with Gasteiger partial charge in [-0.2, -0.15) is 4.98 Å². The average molecular weight is 451 g/mol. The van der Waals surface area contributed by atoms with Crippen LogP contribution < -0.4 is 4.74 Å². The highest BCUT2D eigenvalue weighted by Crippen LogP contribution is 2.43. The quantitative estimate of drug-likeness (QED) is 0.393. The molecule has 0 fully saturated rings. The third-order valence-corrected chi connectivity index (χ3v) is 5.83. The van der Waals surface area contributed by atoms with Crippen molar-refractivity contribution < 1.29 is 18.3 Å². The molecule has 7 heteroatoms. The second kappa shape index (κ2) is 8.20. The fourth-order valence-electron chi connectivity index (χ4n) is 4.15. The smallest absolute Gasteiger partial charge is 0.317 e. The standard InChI is InChI=1S/C25H17ClF2N2O2/c26-16-8-4-5-14(11-16)12-19-21(15-6-2-1-3-7-15)22-24(32-25(19)31)30-23(29-22)18-13-17(27)9-10-20(18)28/h1-11,13,19,21H,12H2,(H,29,30)/t19-,21+/m0/s1. The van der Waals surface area contributed by atoms with E-state index >= 15 is 0 Å². The Balaban J connectivity index is 1.62. The maximum absolute atomic E-state index is 14.4. The first-order valence-corrected chi connectivity index (χ1v) is 10.4. The first-order valence-electron chi connectivity index (χ1n) is 10.1. The van der Waals surface area contributed by atoms with Crippen LogP contribution in [0.3, 0.4) is 0 Å². The molecule has 0 unspecified atom stereocenters. The molecule has 1 aliphatic heterocycles. The monoisotopic (exact) mass is 450 g/mol. The third-order valence-electron chi connectivity index (χ3n) is 5.60. The first kappa shape index (κ1) is 20.4. The number of hydrogen-bond donors (Lipinski definition) is 1. The highest BCUT2D eigenvalue weighted by molar-refractivity contribution is 6.30. The summed E-state index contributed by atoms with van der Waals surface area (Å²) in [5.41, 5.74) is 2.28. The number of nitrogens with one attached hydrogen (secondary N) is 1. The minimum Gasteiger partial charge on any atom is -0.405 e. The second-order valence-corrected chi connectivity index (χ2v) is 8.11. The van der Waals surface area contributed by atoms with E-state index in [9.17, 15) is 13.6 Å². The summed E-state index contributed by atoms with van der Waals surface area (Å²) in [7, 11) is 0. The van der Waals surface area contributed by atoms with Crippen LogP contribution >= 0.6 is 11.6 Å². The van der Waals surface area contributed by atoms with Crippen LogP contribution in [0.5, 0.6) is 5.88 Å². The summed E-state index contributed by atoms with van der Waals surface area (Å²) >= 11 is 6.13. The van der Waals surface area contributed by atoms with E-state index in [-0.39, 0.29) is 17.3 Å². The number of rotatable bonds is 4. The van der Waals surface area contributed by atoms with Crippen molar-refractivity contribution in [3.63, 3.8) is 0 Å². The van der Waals surface area contributed by atoms with Crippen LogP contribution in [-0.4, -0.2) is 15.9 Å². The number of hydrogen-bond acceptors (Lipinski definition) is 3. The summed E-state index contributed by atoms with van der Waals surface area (Å²) in [5, 5.41) is 0.578. The Morgan fingerprint density at radius 2 is 1.81 bits per heavy atom. The van der Waals surface area contributed by atoms with E-state index in [0.29, 0.717) is 17.1 Å². The number of carbonyl (C=O) groups excluding carboxylic acids is 1. The van der Waals surface area contributed by atoms with Crippen LogP contribution in [0.4, 0.5) is 8.78 Å². The molecule has 32 heavy (non-hydrogen) atoms. The van der Waals surface area contributed by atoms with Crippen LogP contribution in [0, 0.1) is 17.6 Å². The topological polar surface area (TPSA) is 55.0 Å². The lowest BCUT2D eigenvalue weighted by atomic mass is 9.79. The third kappa shape index (κ3) is 3.78. The Bertz CT molecular complexity index is 1310. The molecule has 4 nitrogen and oxygen atoms in total. The molecule has 1 N–H and O–H groups in total.